The van der Waals surface area contributed by atoms with Gasteiger partial charge in [0.15, 0.2) is 0 Å². The van der Waals surface area contributed by atoms with E-state index in [1.165, 1.54) is 6.20 Å². The number of aromatic nitrogens is 4. The van der Waals surface area contributed by atoms with E-state index in [1.54, 1.807) is 25.4 Å². The van der Waals surface area contributed by atoms with E-state index in [1.807, 2.05) is 67.1 Å². The molecule has 0 atom stereocenters. The first-order chi connectivity index (χ1) is 17.4. The van der Waals surface area contributed by atoms with Crippen LogP contribution in [-0.4, -0.2) is 32.5 Å². The molecule has 3 heterocycles. The number of nitrogens with one attached hydrogen (secondary N) is 2. The minimum atomic E-state index is -0.277. The lowest BCUT2D eigenvalue weighted by atomic mass is 10.1. The van der Waals surface area contributed by atoms with E-state index in [0.29, 0.717) is 22.5 Å². The summed E-state index contributed by atoms with van der Waals surface area (Å²) in [5.74, 6) is 1.51. The molecular formula is C27H23ClN6O2. The fourth-order valence-corrected chi connectivity index (χ4v) is 4.11. The monoisotopic (exact) mass is 498 g/mol. The zero-order valence-electron chi connectivity index (χ0n) is 19.9. The van der Waals surface area contributed by atoms with Crippen LogP contribution in [0.4, 0.5) is 11.6 Å². The lowest BCUT2D eigenvalue weighted by Crippen LogP contribution is -2.18. The maximum atomic E-state index is 11.9. The zero-order valence-corrected chi connectivity index (χ0v) is 20.7. The van der Waals surface area contributed by atoms with E-state index < -0.39 is 0 Å². The number of nitrogens with zero attached hydrogens (tertiary/aromatic N) is 4. The molecule has 0 radical (unpaired) electrons. The van der Waals surface area contributed by atoms with Crippen LogP contribution in [0.1, 0.15) is 16.2 Å². The number of ether oxygens (including phenoxy) is 1. The number of benzene rings is 2. The minimum Gasteiger partial charge on any atom is -0.457 e. The quantitative estimate of drug-likeness (QED) is 0.303. The van der Waals surface area contributed by atoms with E-state index in [-0.39, 0.29) is 11.6 Å². The number of fused-ring (bicyclic) bond motifs is 1. The molecule has 3 aromatic heterocycles. The number of halogens is 1. The van der Waals surface area contributed by atoms with E-state index >= 15 is 0 Å². The van der Waals surface area contributed by atoms with Crippen molar-refractivity contribution in [1.29, 1.82) is 0 Å². The smallest absolute Gasteiger partial charge is 0.269 e. The molecule has 0 unspecified atom stereocenters. The number of pyridine rings is 2. The summed E-state index contributed by atoms with van der Waals surface area (Å²) < 4.78 is 7.94. The van der Waals surface area contributed by atoms with Crippen molar-refractivity contribution >= 4 is 40.2 Å². The first-order valence-corrected chi connectivity index (χ1v) is 11.6. The molecule has 0 aliphatic rings. The van der Waals surface area contributed by atoms with Gasteiger partial charge >= 0.3 is 0 Å². The summed E-state index contributed by atoms with van der Waals surface area (Å²) in [6.07, 6.45) is 3.31. The second kappa shape index (κ2) is 9.67. The van der Waals surface area contributed by atoms with E-state index in [9.17, 15) is 4.79 Å². The summed E-state index contributed by atoms with van der Waals surface area (Å²) in [7, 11) is 3.50. The third-order valence-corrected chi connectivity index (χ3v) is 6.04. The normalized spacial score (nSPS) is 10.9. The average Bonchev–Trinajstić information content (AvgIpc) is 3.19. The Hall–Kier alpha value is -4.43. The van der Waals surface area contributed by atoms with Crippen molar-refractivity contribution in [1.82, 2.24) is 24.8 Å². The number of aryl methyl sites for hydroxylation is 2. The number of anilines is 2. The lowest BCUT2D eigenvalue weighted by Gasteiger charge is -2.10. The first-order valence-electron chi connectivity index (χ1n) is 11.2. The van der Waals surface area contributed by atoms with E-state index in [0.717, 1.165) is 33.5 Å². The van der Waals surface area contributed by atoms with Gasteiger partial charge in [-0.2, -0.15) is 0 Å². The summed E-state index contributed by atoms with van der Waals surface area (Å²) in [6, 6.07) is 18.7. The highest BCUT2D eigenvalue weighted by Crippen LogP contribution is 2.33. The van der Waals surface area contributed by atoms with Crippen LogP contribution in [-0.2, 0) is 7.05 Å². The van der Waals surface area contributed by atoms with Gasteiger partial charge in [-0.1, -0.05) is 11.6 Å². The Balaban J connectivity index is 1.42. The fourth-order valence-electron chi connectivity index (χ4n) is 3.88. The van der Waals surface area contributed by atoms with E-state index in [2.05, 4.69) is 20.6 Å². The Labute approximate surface area is 213 Å². The Bertz CT molecular complexity index is 1600. The van der Waals surface area contributed by atoms with Gasteiger partial charge in [0.25, 0.3) is 5.91 Å². The second-order valence-corrected chi connectivity index (χ2v) is 8.62. The van der Waals surface area contributed by atoms with Crippen molar-refractivity contribution in [2.45, 2.75) is 6.92 Å². The largest absolute Gasteiger partial charge is 0.457 e. The molecule has 0 aliphatic carbocycles. The summed E-state index contributed by atoms with van der Waals surface area (Å²) in [4.78, 5) is 25.0. The number of hydrogen-bond acceptors (Lipinski definition) is 6. The SMILES string of the molecule is CNC(=O)c1cc(Oc2ccc3c(c2)nc(Nc2ccc(Cl)c(-c4ccnc(C)c4)c2)n3C)ccn1. The fraction of sp³-hybridized carbons (Fsp3) is 0.111. The van der Waals surface area contributed by atoms with Crippen LogP contribution in [0.3, 0.4) is 0 Å². The summed E-state index contributed by atoms with van der Waals surface area (Å²) in [5.41, 5.74) is 5.67. The molecule has 0 aliphatic heterocycles. The first kappa shape index (κ1) is 23.3. The van der Waals surface area contributed by atoms with Crippen LogP contribution in [0.25, 0.3) is 22.2 Å². The Morgan fingerprint density at radius 1 is 0.972 bits per heavy atom. The molecule has 5 aromatic rings. The van der Waals surface area contributed by atoms with Crippen molar-refractivity contribution in [3.8, 4) is 22.6 Å². The summed E-state index contributed by atoms with van der Waals surface area (Å²) in [6.45, 7) is 1.95. The predicted octanol–water partition coefficient (Wildman–Crippen LogP) is 5.89. The van der Waals surface area contributed by atoms with Gasteiger partial charge in [0.2, 0.25) is 5.95 Å². The molecule has 0 saturated carbocycles. The third-order valence-electron chi connectivity index (χ3n) is 5.71. The van der Waals surface area contributed by atoms with Gasteiger partial charge < -0.3 is 19.9 Å². The Morgan fingerprint density at radius 2 is 1.78 bits per heavy atom. The van der Waals surface area contributed by atoms with Gasteiger partial charge in [0.1, 0.15) is 17.2 Å². The number of carbonyl (C=O) groups excluding carboxylic acids is 1. The number of carbonyl (C=O) groups is 1. The van der Waals surface area contributed by atoms with Crippen LogP contribution in [0.5, 0.6) is 11.5 Å². The molecule has 2 aromatic carbocycles. The van der Waals surface area contributed by atoms with Crippen molar-refractivity contribution in [2.75, 3.05) is 12.4 Å². The average molecular weight is 499 g/mol. The van der Waals surface area contributed by atoms with Gasteiger partial charge in [0.05, 0.1) is 11.0 Å². The number of imidazole rings is 1. The minimum absolute atomic E-state index is 0.277. The number of hydrogen-bond donors (Lipinski definition) is 2. The standard InChI is InChI=1S/C27H23ClN6O2/c1-16-12-17(8-10-30-16)21-13-18(4-6-22(21)28)32-27-33-23-14-19(5-7-25(23)34(27)3)36-20-9-11-31-24(15-20)26(35)29-2/h4-15H,1-3H3,(H,29,35)(H,32,33). The van der Waals surface area contributed by atoms with Gasteiger partial charge in [0, 0.05) is 60.6 Å². The molecule has 1 amide bonds. The summed E-state index contributed by atoms with van der Waals surface area (Å²) in [5, 5.41) is 6.61. The third kappa shape index (κ3) is 4.71. The Kier molecular flexibility index (Phi) is 6.26. The molecule has 8 nitrogen and oxygen atoms in total. The summed E-state index contributed by atoms with van der Waals surface area (Å²) >= 11 is 6.49. The molecule has 0 fully saturated rings. The molecule has 0 saturated heterocycles. The highest BCUT2D eigenvalue weighted by molar-refractivity contribution is 6.33. The van der Waals surface area contributed by atoms with Gasteiger partial charge in [-0.15, -0.1) is 0 Å². The zero-order chi connectivity index (χ0) is 25.2. The van der Waals surface area contributed by atoms with Crippen LogP contribution >= 0.6 is 11.6 Å². The van der Waals surface area contributed by atoms with Crippen LogP contribution in [0.2, 0.25) is 5.02 Å². The lowest BCUT2D eigenvalue weighted by molar-refractivity contribution is 0.0958. The highest BCUT2D eigenvalue weighted by atomic mass is 35.5. The molecule has 2 N–H and O–H groups in total. The van der Waals surface area contributed by atoms with Gasteiger partial charge in [-0.05, 0) is 61.0 Å². The van der Waals surface area contributed by atoms with Gasteiger partial charge in [-0.3, -0.25) is 14.8 Å². The highest BCUT2D eigenvalue weighted by Gasteiger charge is 2.12. The molecule has 9 heteroatoms. The van der Waals surface area contributed by atoms with Crippen LogP contribution in [0, 0.1) is 6.92 Å². The molecule has 36 heavy (non-hydrogen) atoms. The number of rotatable bonds is 6. The Morgan fingerprint density at radius 3 is 2.58 bits per heavy atom. The second-order valence-electron chi connectivity index (χ2n) is 8.21. The van der Waals surface area contributed by atoms with E-state index in [4.69, 9.17) is 21.3 Å². The van der Waals surface area contributed by atoms with Crippen molar-refractivity contribution in [3.63, 3.8) is 0 Å². The van der Waals surface area contributed by atoms with Crippen molar-refractivity contribution < 1.29 is 9.53 Å². The van der Waals surface area contributed by atoms with Crippen molar-refractivity contribution in [2.24, 2.45) is 7.05 Å². The van der Waals surface area contributed by atoms with Gasteiger partial charge in [-0.25, -0.2) is 4.98 Å². The topological polar surface area (TPSA) is 94.0 Å². The molecule has 5 rings (SSSR count). The molecule has 0 spiro atoms. The maximum Gasteiger partial charge on any atom is 0.269 e. The van der Waals surface area contributed by atoms with Crippen LogP contribution in [0.15, 0.2) is 73.1 Å². The molecular weight excluding hydrogens is 476 g/mol. The van der Waals surface area contributed by atoms with Crippen molar-refractivity contribution in [3.05, 3.63) is 89.5 Å². The maximum absolute atomic E-state index is 11.9. The van der Waals surface area contributed by atoms with Crippen LogP contribution < -0.4 is 15.4 Å². The number of amides is 1. The molecule has 180 valence electrons. The predicted molar refractivity (Wildman–Crippen MR) is 141 cm³/mol. The molecule has 0 bridgehead atoms.